The SMILES string of the molecule is C[Si](C)(C)CCOC(S)C1=Nc2ccc(Cl)cc2C(c2ccccc2)=NC1. The van der Waals surface area contributed by atoms with Gasteiger partial charge >= 0.3 is 0 Å². The number of halogens is 1. The lowest BCUT2D eigenvalue weighted by molar-refractivity contribution is 0.165. The van der Waals surface area contributed by atoms with E-state index in [0.717, 1.165) is 34.3 Å². The first-order chi connectivity index (χ1) is 12.8. The molecular formula is C21H25ClN2OSSi. The van der Waals surface area contributed by atoms with Crippen LogP contribution in [-0.2, 0) is 4.74 Å². The van der Waals surface area contributed by atoms with Crippen LogP contribution in [0.25, 0.3) is 0 Å². The number of hydrogen-bond acceptors (Lipinski definition) is 4. The summed E-state index contributed by atoms with van der Waals surface area (Å²) in [5, 5.41) is 0.671. The molecule has 0 aliphatic carbocycles. The molecule has 0 saturated heterocycles. The Morgan fingerprint density at radius 1 is 1.15 bits per heavy atom. The molecule has 0 radical (unpaired) electrons. The topological polar surface area (TPSA) is 34.0 Å². The van der Waals surface area contributed by atoms with Crippen LogP contribution in [0.3, 0.4) is 0 Å². The van der Waals surface area contributed by atoms with Crippen molar-refractivity contribution >= 4 is 49.4 Å². The van der Waals surface area contributed by atoms with Gasteiger partial charge in [0.2, 0.25) is 0 Å². The summed E-state index contributed by atoms with van der Waals surface area (Å²) in [4.78, 5) is 9.67. The van der Waals surface area contributed by atoms with Crippen molar-refractivity contribution in [2.24, 2.45) is 9.98 Å². The molecule has 2 aromatic carbocycles. The summed E-state index contributed by atoms with van der Waals surface area (Å²) in [6.07, 6.45) is 0. The van der Waals surface area contributed by atoms with Gasteiger partial charge < -0.3 is 4.74 Å². The van der Waals surface area contributed by atoms with Crippen LogP contribution in [-0.4, -0.2) is 38.1 Å². The van der Waals surface area contributed by atoms with Gasteiger partial charge in [0.1, 0.15) is 5.44 Å². The van der Waals surface area contributed by atoms with E-state index in [4.69, 9.17) is 26.3 Å². The molecule has 0 saturated carbocycles. The molecule has 1 heterocycles. The first kappa shape index (κ1) is 20.3. The molecule has 0 fully saturated rings. The molecule has 1 unspecified atom stereocenters. The summed E-state index contributed by atoms with van der Waals surface area (Å²) in [6.45, 7) is 8.17. The van der Waals surface area contributed by atoms with Crippen LogP contribution in [0.1, 0.15) is 11.1 Å². The predicted octanol–water partition coefficient (Wildman–Crippen LogP) is 5.87. The van der Waals surface area contributed by atoms with E-state index in [1.807, 2.05) is 36.4 Å². The highest BCUT2D eigenvalue weighted by atomic mass is 35.5. The Kier molecular flexibility index (Phi) is 6.58. The zero-order chi connectivity index (χ0) is 19.4. The largest absolute Gasteiger partial charge is 0.362 e. The molecule has 1 aliphatic heterocycles. The van der Waals surface area contributed by atoms with E-state index in [0.29, 0.717) is 18.2 Å². The van der Waals surface area contributed by atoms with E-state index in [2.05, 4.69) is 44.4 Å². The second-order valence-electron chi connectivity index (χ2n) is 7.83. The fraction of sp³-hybridized carbons (Fsp3) is 0.333. The molecule has 2 aromatic rings. The Labute approximate surface area is 173 Å². The average molecular weight is 417 g/mol. The standard InChI is InChI=1S/C21H25ClN2OSSi/c1-27(2,3)12-11-25-21(26)19-14-23-20(15-7-5-4-6-8-15)17-13-16(22)9-10-18(17)24-19/h4-10,13,21,26H,11-12,14H2,1-3H3. The van der Waals surface area contributed by atoms with E-state index in [1.165, 1.54) is 0 Å². The van der Waals surface area contributed by atoms with Gasteiger partial charge in [0, 0.05) is 30.8 Å². The van der Waals surface area contributed by atoms with Crippen LogP contribution in [0.2, 0.25) is 30.7 Å². The van der Waals surface area contributed by atoms with Crippen molar-refractivity contribution in [3.63, 3.8) is 0 Å². The molecule has 0 amide bonds. The van der Waals surface area contributed by atoms with Crippen molar-refractivity contribution in [3.8, 4) is 0 Å². The van der Waals surface area contributed by atoms with Crippen LogP contribution in [0.15, 0.2) is 58.5 Å². The van der Waals surface area contributed by atoms with Gasteiger partial charge in [-0.2, -0.15) is 0 Å². The zero-order valence-corrected chi connectivity index (χ0v) is 18.6. The maximum atomic E-state index is 6.25. The number of benzene rings is 2. The second kappa shape index (κ2) is 8.74. The Balaban J connectivity index is 1.89. The minimum absolute atomic E-state index is 0.358. The first-order valence-electron chi connectivity index (χ1n) is 9.10. The summed E-state index contributed by atoms with van der Waals surface area (Å²) in [5.41, 5.74) is 4.20. The number of rotatable bonds is 6. The molecule has 27 heavy (non-hydrogen) atoms. The lowest BCUT2D eigenvalue weighted by Crippen LogP contribution is -2.26. The van der Waals surface area contributed by atoms with Crippen molar-refractivity contribution in [1.29, 1.82) is 0 Å². The first-order valence-corrected chi connectivity index (χ1v) is 13.7. The number of ether oxygens (including phenoxy) is 1. The Bertz CT molecular complexity index is 862. The highest BCUT2D eigenvalue weighted by Gasteiger charge is 2.21. The summed E-state index contributed by atoms with van der Waals surface area (Å²) in [7, 11) is -1.14. The third-order valence-corrected chi connectivity index (χ3v) is 6.72. The maximum Gasteiger partial charge on any atom is 0.140 e. The fourth-order valence-corrected chi connectivity index (χ4v) is 3.93. The molecule has 3 rings (SSSR count). The van der Waals surface area contributed by atoms with Crippen molar-refractivity contribution < 1.29 is 4.74 Å². The van der Waals surface area contributed by atoms with Crippen LogP contribution in [0.4, 0.5) is 5.69 Å². The van der Waals surface area contributed by atoms with E-state index in [1.54, 1.807) is 0 Å². The van der Waals surface area contributed by atoms with Gasteiger partial charge in [-0.3, -0.25) is 9.98 Å². The number of aliphatic imine (C=N–C) groups is 2. The highest BCUT2D eigenvalue weighted by Crippen LogP contribution is 2.29. The smallest absolute Gasteiger partial charge is 0.140 e. The third kappa shape index (κ3) is 5.54. The number of fused-ring (bicyclic) bond motifs is 1. The molecule has 0 bridgehead atoms. The lowest BCUT2D eigenvalue weighted by atomic mass is 10.0. The molecule has 0 aromatic heterocycles. The van der Waals surface area contributed by atoms with E-state index in [-0.39, 0.29) is 5.44 Å². The van der Waals surface area contributed by atoms with Gasteiger partial charge in [0.05, 0.1) is 23.7 Å². The third-order valence-electron chi connectivity index (χ3n) is 4.34. The van der Waals surface area contributed by atoms with Gasteiger partial charge in [-0.25, -0.2) is 0 Å². The number of hydrogen-bond donors (Lipinski definition) is 1. The van der Waals surface area contributed by atoms with Gasteiger partial charge in [-0.05, 0) is 24.2 Å². The fourth-order valence-electron chi connectivity index (χ4n) is 2.78. The Hall–Kier alpha value is -1.40. The van der Waals surface area contributed by atoms with Crippen molar-refractivity contribution in [2.75, 3.05) is 13.2 Å². The van der Waals surface area contributed by atoms with Crippen molar-refractivity contribution in [3.05, 3.63) is 64.7 Å². The van der Waals surface area contributed by atoms with Crippen molar-refractivity contribution in [2.45, 2.75) is 31.1 Å². The second-order valence-corrected chi connectivity index (χ2v) is 14.4. The molecule has 1 atom stereocenters. The van der Waals surface area contributed by atoms with Gasteiger partial charge in [0.25, 0.3) is 0 Å². The van der Waals surface area contributed by atoms with Crippen LogP contribution in [0.5, 0.6) is 0 Å². The minimum atomic E-state index is -1.14. The average Bonchev–Trinajstić information content (AvgIpc) is 2.80. The summed E-state index contributed by atoms with van der Waals surface area (Å²) in [6, 6.07) is 16.9. The predicted molar refractivity (Wildman–Crippen MR) is 122 cm³/mol. The monoisotopic (exact) mass is 416 g/mol. The molecule has 0 N–H and O–H groups in total. The normalized spacial score (nSPS) is 15.4. The van der Waals surface area contributed by atoms with E-state index >= 15 is 0 Å². The van der Waals surface area contributed by atoms with Gasteiger partial charge in [0.15, 0.2) is 0 Å². The van der Waals surface area contributed by atoms with Gasteiger partial charge in [-0.15, -0.1) is 12.6 Å². The molecule has 1 aliphatic rings. The summed E-state index contributed by atoms with van der Waals surface area (Å²) >= 11 is 10.9. The molecular weight excluding hydrogens is 392 g/mol. The highest BCUT2D eigenvalue weighted by molar-refractivity contribution is 7.81. The quantitative estimate of drug-likeness (QED) is 0.356. The lowest BCUT2D eigenvalue weighted by Gasteiger charge is -2.18. The van der Waals surface area contributed by atoms with Crippen LogP contribution >= 0.6 is 24.2 Å². The van der Waals surface area contributed by atoms with Gasteiger partial charge in [-0.1, -0.05) is 61.6 Å². The molecule has 3 nitrogen and oxygen atoms in total. The minimum Gasteiger partial charge on any atom is -0.362 e. The number of nitrogens with zero attached hydrogens (tertiary/aromatic N) is 2. The van der Waals surface area contributed by atoms with E-state index < -0.39 is 8.07 Å². The molecule has 6 heteroatoms. The van der Waals surface area contributed by atoms with E-state index in [9.17, 15) is 0 Å². The van der Waals surface area contributed by atoms with Crippen molar-refractivity contribution in [1.82, 2.24) is 0 Å². The molecule has 142 valence electrons. The Morgan fingerprint density at radius 3 is 2.59 bits per heavy atom. The zero-order valence-electron chi connectivity index (χ0n) is 15.9. The summed E-state index contributed by atoms with van der Waals surface area (Å²) < 4.78 is 5.97. The maximum absolute atomic E-state index is 6.25. The number of thiol groups is 1. The Morgan fingerprint density at radius 2 is 1.89 bits per heavy atom. The van der Waals surface area contributed by atoms with Crippen LogP contribution in [0, 0.1) is 0 Å². The molecule has 0 spiro atoms. The summed E-state index contributed by atoms with van der Waals surface area (Å²) in [5.74, 6) is 0. The van der Waals surface area contributed by atoms with Crippen LogP contribution < -0.4 is 0 Å².